The van der Waals surface area contributed by atoms with Gasteiger partial charge < -0.3 is 0 Å². The number of allylic oxidation sites excluding steroid dienone is 4. The van der Waals surface area contributed by atoms with E-state index < -0.39 is 0 Å². The molecule has 0 radical (unpaired) electrons. The maximum absolute atomic E-state index is 4.85. The zero-order chi connectivity index (χ0) is 18.4. The molecule has 2 aromatic rings. The summed E-state index contributed by atoms with van der Waals surface area (Å²) < 4.78 is 4.34. The predicted octanol–water partition coefficient (Wildman–Crippen LogP) is 4.91. The lowest BCUT2D eigenvalue weighted by molar-refractivity contribution is 0.146. The summed E-state index contributed by atoms with van der Waals surface area (Å²) in [5.41, 5.74) is 6.00. The highest BCUT2D eigenvalue weighted by Crippen LogP contribution is 2.44. The SMILES string of the molecule is Cc1cc(C)n(C(C(C2=CC=CC2)C(C)(C)C)n2nc(C)cc2C)n1. The molecule has 0 fully saturated rings. The maximum atomic E-state index is 4.85. The van der Waals surface area contributed by atoms with E-state index in [2.05, 4.69) is 88.2 Å². The zero-order valence-corrected chi connectivity index (χ0v) is 16.5. The molecule has 2 aromatic heterocycles. The average molecular weight is 338 g/mol. The quantitative estimate of drug-likeness (QED) is 0.794. The van der Waals surface area contributed by atoms with Crippen molar-refractivity contribution in [1.29, 1.82) is 0 Å². The minimum Gasteiger partial charge on any atom is -0.244 e. The monoisotopic (exact) mass is 338 g/mol. The molecule has 3 rings (SSSR count). The molecule has 0 spiro atoms. The first-order valence-electron chi connectivity index (χ1n) is 9.09. The second-order valence-electron chi connectivity index (χ2n) is 8.37. The van der Waals surface area contributed by atoms with Crippen LogP contribution in [0.4, 0.5) is 0 Å². The summed E-state index contributed by atoms with van der Waals surface area (Å²) in [5.74, 6) is 0.304. The maximum Gasteiger partial charge on any atom is 0.150 e. The lowest BCUT2D eigenvalue weighted by Crippen LogP contribution is -2.38. The summed E-state index contributed by atoms with van der Waals surface area (Å²) in [6, 6.07) is 4.30. The van der Waals surface area contributed by atoms with E-state index in [4.69, 9.17) is 10.2 Å². The van der Waals surface area contributed by atoms with Crippen LogP contribution in [-0.4, -0.2) is 19.6 Å². The molecule has 4 nitrogen and oxygen atoms in total. The summed E-state index contributed by atoms with van der Waals surface area (Å²) >= 11 is 0. The Balaban J connectivity index is 2.22. The smallest absolute Gasteiger partial charge is 0.150 e. The zero-order valence-electron chi connectivity index (χ0n) is 16.5. The van der Waals surface area contributed by atoms with Crippen molar-refractivity contribution in [3.8, 4) is 0 Å². The molecule has 0 bridgehead atoms. The van der Waals surface area contributed by atoms with Crippen LogP contribution in [0.1, 0.15) is 56.1 Å². The number of hydrogen-bond acceptors (Lipinski definition) is 2. The Hall–Kier alpha value is -2.10. The molecule has 1 aliphatic carbocycles. The molecule has 0 saturated heterocycles. The highest BCUT2D eigenvalue weighted by molar-refractivity contribution is 5.28. The van der Waals surface area contributed by atoms with Crippen LogP contribution in [0.25, 0.3) is 0 Å². The molecule has 25 heavy (non-hydrogen) atoms. The van der Waals surface area contributed by atoms with Gasteiger partial charge in [-0.3, -0.25) is 0 Å². The van der Waals surface area contributed by atoms with Gasteiger partial charge in [0, 0.05) is 17.3 Å². The van der Waals surface area contributed by atoms with Crippen LogP contribution in [0.2, 0.25) is 0 Å². The average Bonchev–Trinajstić information content (AvgIpc) is 3.17. The Morgan fingerprint density at radius 3 is 1.76 bits per heavy atom. The fourth-order valence-electron chi connectivity index (χ4n) is 4.10. The fraction of sp³-hybridized carbons (Fsp3) is 0.524. The molecule has 0 saturated carbocycles. The lowest BCUT2D eigenvalue weighted by atomic mass is 9.73. The molecule has 0 aliphatic heterocycles. The highest BCUT2D eigenvalue weighted by atomic mass is 15.5. The molecule has 2 heterocycles. The number of aromatic nitrogens is 4. The summed E-state index contributed by atoms with van der Waals surface area (Å²) in [4.78, 5) is 0. The third-order valence-electron chi connectivity index (χ3n) is 5.02. The van der Waals surface area contributed by atoms with E-state index in [1.54, 1.807) is 0 Å². The normalized spacial score (nSPS) is 15.9. The summed E-state index contributed by atoms with van der Waals surface area (Å²) in [6.45, 7) is 15.4. The third kappa shape index (κ3) is 3.35. The summed E-state index contributed by atoms with van der Waals surface area (Å²) in [5, 5.41) is 9.70. The molecule has 1 atom stereocenters. The van der Waals surface area contributed by atoms with E-state index in [-0.39, 0.29) is 11.6 Å². The second kappa shape index (κ2) is 6.32. The summed E-state index contributed by atoms with van der Waals surface area (Å²) in [7, 11) is 0. The van der Waals surface area contributed by atoms with Crippen LogP contribution >= 0.6 is 0 Å². The van der Waals surface area contributed by atoms with Crippen molar-refractivity contribution < 1.29 is 0 Å². The van der Waals surface area contributed by atoms with Crippen molar-refractivity contribution in [2.45, 2.75) is 61.1 Å². The topological polar surface area (TPSA) is 35.6 Å². The first-order valence-corrected chi connectivity index (χ1v) is 9.09. The van der Waals surface area contributed by atoms with Gasteiger partial charge in [0.05, 0.1) is 11.4 Å². The van der Waals surface area contributed by atoms with Crippen LogP contribution in [-0.2, 0) is 0 Å². The van der Waals surface area contributed by atoms with E-state index in [0.717, 1.165) is 17.8 Å². The Labute approximate surface area is 151 Å². The molecular weight excluding hydrogens is 308 g/mol. The fourth-order valence-corrected chi connectivity index (χ4v) is 4.10. The van der Waals surface area contributed by atoms with Crippen molar-refractivity contribution in [3.63, 3.8) is 0 Å². The van der Waals surface area contributed by atoms with Crippen LogP contribution in [0, 0.1) is 39.0 Å². The van der Waals surface area contributed by atoms with Gasteiger partial charge in [0.1, 0.15) is 0 Å². The van der Waals surface area contributed by atoms with Crippen LogP contribution in [0.5, 0.6) is 0 Å². The molecule has 1 unspecified atom stereocenters. The number of hydrogen-bond donors (Lipinski definition) is 0. The second-order valence-corrected chi connectivity index (χ2v) is 8.37. The molecule has 4 heteroatoms. The first kappa shape index (κ1) is 17.7. The van der Waals surface area contributed by atoms with Gasteiger partial charge in [-0.1, -0.05) is 44.6 Å². The molecule has 1 aliphatic rings. The van der Waals surface area contributed by atoms with Crippen molar-refractivity contribution >= 4 is 0 Å². The number of nitrogens with zero attached hydrogens (tertiary/aromatic N) is 4. The van der Waals surface area contributed by atoms with Crippen molar-refractivity contribution in [2.75, 3.05) is 0 Å². The van der Waals surface area contributed by atoms with Gasteiger partial charge in [0.25, 0.3) is 0 Å². The molecule has 134 valence electrons. The van der Waals surface area contributed by atoms with Gasteiger partial charge in [-0.25, -0.2) is 9.36 Å². The number of aryl methyl sites for hydroxylation is 4. The van der Waals surface area contributed by atoms with Gasteiger partial charge >= 0.3 is 0 Å². The van der Waals surface area contributed by atoms with Gasteiger partial charge in [0.15, 0.2) is 6.17 Å². The van der Waals surface area contributed by atoms with Gasteiger partial charge in [-0.15, -0.1) is 0 Å². The lowest BCUT2D eigenvalue weighted by Gasteiger charge is -2.39. The highest BCUT2D eigenvalue weighted by Gasteiger charge is 2.39. The standard InChI is InChI=1S/C21H30N4/c1-14-12-16(3)24(22-14)20(25-17(4)13-15(2)23-25)19(21(5,6)7)18-10-8-9-11-18/h8-10,12-13,19-20H,11H2,1-7H3. The van der Waals surface area contributed by atoms with Crippen molar-refractivity contribution in [3.05, 3.63) is 58.7 Å². The molecule has 0 N–H and O–H groups in total. The predicted molar refractivity (Wildman–Crippen MR) is 103 cm³/mol. The Kier molecular flexibility index (Phi) is 4.48. The minimum absolute atomic E-state index is 0.0357. The van der Waals surface area contributed by atoms with Crippen LogP contribution in [0.3, 0.4) is 0 Å². The third-order valence-corrected chi connectivity index (χ3v) is 5.02. The Morgan fingerprint density at radius 1 is 0.920 bits per heavy atom. The Morgan fingerprint density at radius 2 is 1.44 bits per heavy atom. The minimum atomic E-state index is 0.0357. The van der Waals surface area contributed by atoms with Crippen LogP contribution < -0.4 is 0 Å². The summed E-state index contributed by atoms with van der Waals surface area (Å²) in [6.07, 6.45) is 7.74. The van der Waals surface area contributed by atoms with Crippen molar-refractivity contribution in [2.24, 2.45) is 11.3 Å². The largest absolute Gasteiger partial charge is 0.244 e. The van der Waals surface area contributed by atoms with E-state index in [1.807, 2.05) is 0 Å². The van der Waals surface area contributed by atoms with Crippen LogP contribution in [0.15, 0.2) is 35.9 Å². The molecule has 0 aromatic carbocycles. The first-order chi connectivity index (χ1) is 11.7. The molecule has 0 amide bonds. The molecular formula is C21H30N4. The number of rotatable bonds is 4. The van der Waals surface area contributed by atoms with Gasteiger partial charge in [0.2, 0.25) is 0 Å². The van der Waals surface area contributed by atoms with Gasteiger partial charge in [-0.2, -0.15) is 10.2 Å². The van der Waals surface area contributed by atoms with Gasteiger partial charge in [-0.05, 0) is 51.7 Å². The van der Waals surface area contributed by atoms with E-state index in [1.165, 1.54) is 17.0 Å². The van der Waals surface area contributed by atoms with E-state index in [0.29, 0.717) is 5.92 Å². The van der Waals surface area contributed by atoms with E-state index in [9.17, 15) is 0 Å². The van der Waals surface area contributed by atoms with E-state index >= 15 is 0 Å². The van der Waals surface area contributed by atoms with Crippen molar-refractivity contribution in [1.82, 2.24) is 19.6 Å². The Bertz CT molecular complexity index is 780.